The van der Waals surface area contributed by atoms with E-state index in [9.17, 15) is 18.7 Å². The lowest BCUT2D eigenvalue weighted by Crippen LogP contribution is -2.51. The molecule has 0 aromatic heterocycles. The topological polar surface area (TPSA) is 90.8 Å². The first-order valence-electron chi connectivity index (χ1n) is 8.56. The molecule has 142 valence electrons. The molecule has 0 radical (unpaired) electrons. The molecule has 0 bridgehead atoms. The molecule has 2 aromatic rings. The maximum absolute atomic E-state index is 13.0. The number of carbonyl (C=O) groups is 1. The van der Waals surface area contributed by atoms with E-state index in [2.05, 4.69) is 4.79 Å². The monoisotopic (exact) mass is 385 g/mol. The van der Waals surface area contributed by atoms with Crippen molar-refractivity contribution in [2.75, 3.05) is 6.54 Å². The van der Waals surface area contributed by atoms with Crippen LogP contribution in [0, 0.1) is 0 Å². The number of benzene rings is 2. The van der Waals surface area contributed by atoms with Crippen molar-refractivity contribution in [2.24, 2.45) is 0 Å². The number of rotatable bonds is 4. The van der Waals surface area contributed by atoms with Gasteiger partial charge in [-0.1, -0.05) is 48.5 Å². The zero-order valence-corrected chi connectivity index (χ0v) is 16.5. The summed E-state index contributed by atoms with van der Waals surface area (Å²) in [6.45, 7) is 5.70. The van der Waals surface area contributed by atoms with Crippen LogP contribution < -0.4 is 0 Å². The summed E-state index contributed by atoms with van der Waals surface area (Å²) >= 11 is 0. The average Bonchev–Trinajstić information content (AvgIpc) is 2.63. The maximum Gasteiger partial charge on any atom is 0.473 e. The molecule has 6 nitrogen and oxygen atoms in total. The van der Waals surface area contributed by atoms with Crippen LogP contribution in [-0.4, -0.2) is 41.1 Å². The number of sulfone groups is 1. The van der Waals surface area contributed by atoms with E-state index in [0.29, 0.717) is 6.42 Å². The lowest BCUT2D eigenvalue weighted by Gasteiger charge is -2.34. The highest BCUT2D eigenvalue weighted by molar-refractivity contribution is 8.08. The van der Waals surface area contributed by atoms with Gasteiger partial charge in [0.25, 0.3) is 9.84 Å². The Kier molecular flexibility index (Phi) is 6.31. The molecule has 0 aliphatic rings. The van der Waals surface area contributed by atoms with Crippen molar-refractivity contribution >= 4 is 20.8 Å². The molecule has 0 aliphatic carbocycles. The van der Waals surface area contributed by atoms with Crippen LogP contribution in [0.4, 0.5) is 0 Å². The minimum absolute atomic E-state index is 0.0944. The van der Waals surface area contributed by atoms with Gasteiger partial charge in [0, 0.05) is 12.1 Å². The average molecular weight is 385 g/mol. The molecule has 0 spiro atoms. The molecule has 2 aromatic carbocycles. The van der Waals surface area contributed by atoms with Crippen LogP contribution in [0.1, 0.15) is 26.3 Å². The van der Waals surface area contributed by atoms with Gasteiger partial charge in [0.05, 0.1) is 4.90 Å². The Balaban J connectivity index is 2.34. The van der Waals surface area contributed by atoms with Crippen LogP contribution in [0.25, 0.3) is 5.53 Å². The summed E-state index contributed by atoms with van der Waals surface area (Å²) in [5.41, 5.74) is 9.72. The summed E-state index contributed by atoms with van der Waals surface area (Å²) in [5.74, 6) is -0.829. The highest BCUT2D eigenvalue weighted by atomic mass is 32.2. The Morgan fingerprint density at radius 2 is 1.52 bits per heavy atom. The van der Waals surface area contributed by atoms with Gasteiger partial charge in [-0.15, -0.1) is 4.79 Å². The lowest BCUT2D eigenvalue weighted by atomic mass is 10.0. The SMILES string of the molecule is CC(C)(C)N(CCc1ccccc1)C(=O)C(=[N+]=[N-])S(=O)(=O)c1ccccc1. The van der Waals surface area contributed by atoms with Crippen molar-refractivity contribution in [3.05, 3.63) is 71.8 Å². The van der Waals surface area contributed by atoms with E-state index in [0.717, 1.165) is 5.56 Å². The van der Waals surface area contributed by atoms with Gasteiger partial charge < -0.3 is 10.4 Å². The number of nitrogens with zero attached hydrogens (tertiary/aromatic N) is 3. The molecule has 0 saturated carbocycles. The summed E-state index contributed by atoms with van der Waals surface area (Å²) in [6, 6.07) is 17.1. The molecule has 7 heteroatoms. The Morgan fingerprint density at radius 1 is 1.00 bits per heavy atom. The molecule has 2 rings (SSSR count). The molecule has 0 N–H and O–H groups in total. The molecule has 0 atom stereocenters. The number of carbonyl (C=O) groups excluding carboxylic acids is 1. The maximum atomic E-state index is 13.0. The highest BCUT2D eigenvalue weighted by Crippen LogP contribution is 2.19. The van der Waals surface area contributed by atoms with E-state index < -0.39 is 26.3 Å². The van der Waals surface area contributed by atoms with Crippen molar-refractivity contribution < 1.29 is 18.0 Å². The number of hydrogen-bond acceptors (Lipinski definition) is 3. The zero-order valence-electron chi connectivity index (χ0n) is 15.7. The van der Waals surface area contributed by atoms with Crippen molar-refractivity contribution in [1.82, 2.24) is 4.90 Å². The molecule has 0 fully saturated rings. The molecule has 1 amide bonds. The second kappa shape index (κ2) is 8.29. The molecule has 0 saturated heterocycles. The second-order valence-corrected chi connectivity index (χ2v) is 8.95. The predicted octanol–water partition coefficient (Wildman–Crippen LogP) is 2.96. The van der Waals surface area contributed by atoms with Crippen LogP contribution in [-0.2, 0) is 21.1 Å². The lowest BCUT2D eigenvalue weighted by molar-refractivity contribution is -0.132. The summed E-state index contributed by atoms with van der Waals surface area (Å²) in [4.78, 5) is 17.2. The Labute approximate surface area is 160 Å². The Hall–Kier alpha value is -2.76. The third kappa shape index (κ3) is 4.90. The van der Waals surface area contributed by atoms with Gasteiger partial charge in [-0.2, -0.15) is 0 Å². The van der Waals surface area contributed by atoms with Gasteiger partial charge >= 0.3 is 11.0 Å². The predicted molar refractivity (Wildman–Crippen MR) is 104 cm³/mol. The summed E-state index contributed by atoms with van der Waals surface area (Å²) in [7, 11) is -4.23. The van der Waals surface area contributed by atoms with Crippen LogP contribution in [0.2, 0.25) is 0 Å². The summed E-state index contributed by atoms with van der Waals surface area (Å²) < 4.78 is 25.5. The van der Waals surface area contributed by atoms with Gasteiger partial charge in [0.15, 0.2) is 0 Å². The Bertz CT molecular complexity index is 943. The van der Waals surface area contributed by atoms with Gasteiger partial charge in [-0.05, 0) is 44.9 Å². The smallest absolute Gasteiger partial charge is 0.360 e. The normalized spacial score (nSPS) is 11.5. The van der Waals surface area contributed by atoms with Crippen LogP contribution in [0.5, 0.6) is 0 Å². The third-order valence-electron chi connectivity index (χ3n) is 4.10. The fourth-order valence-corrected chi connectivity index (χ4v) is 3.85. The third-order valence-corrected chi connectivity index (χ3v) is 5.76. The molecule has 0 heterocycles. The van der Waals surface area contributed by atoms with E-state index in [-0.39, 0.29) is 11.4 Å². The molecular weight excluding hydrogens is 362 g/mol. The molecule has 0 aliphatic heterocycles. The Morgan fingerprint density at radius 3 is 2.00 bits per heavy atom. The molecular formula is C20H23N3O3S. The minimum Gasteiger partial charge on any atom is -0.360 e. The number of hydrogen-bond donors (Lipinski definition) is 0. The van der Waals surface area contributed by atoms with Crippen molar-refractivity contribution in [3.8, 4) is 0 Å². The van der Waals surface area contributed by atoms with Crippen LogP contribution in [0.15, 0.2) is 65.6 Å². The van der Waals surface area contributed by atoms with Gasteiger partial charge in [-0.3, -0.25) is 4.79 Å². The van der Waals surface area contributed by atoms with Crippen LogP contribution >= 0.6 is 0 Å². The fraction of sp³-hybridized carbons (Fsp3) is 0.300. The van der Waals surface area contributed by atoms with E-state index in [1.54, 1.807) is 39.0 Å². The summed E-state index contributed by atoms with van der Waals surface area (Å²) in [6.07, 6.45) is 0.550. The highest BCUT2D eigenvalue weighted by Gasteiger charge is 2.43. The van der Waals surface area contributed by atoms with E-state index >= 15 is 0 Å². The van der Waals surface area contributed by atoms with E-state index in [1.165, 1.54) is 17.0 Å². The van der Waals surface area contributed by atoms with Crippen molar-refractivity contribution in [1.29, 1.82) is 0 Å². The molecule has 27 heavy (non-hydrogen) atoms. The quantitative estimate of drug-likeness (QED) is 0.351. The first kappa shape index (κ1) is 20.6. The van der Waals surface area contributed by atoms with Crippen molar-refractivity contribution in [3.63, 3.8) is 0 Å². The first-order chi connectivity index (χ1) is 12.7. The molecule has 0 unspecified atom stereocenters. The van der Waals surface area contributed by atoms with Gasteiger partial charge in [-0.25, -0.2) is 8.42 Å². The first-order valence-corrected chi connectivity index (χ1v) is 10.0. The van der Waals surface area contributed by atoms with Crippen molar-refractivity contribution in [2.45, 2.75) is 37.6 Å². The number of amides is 1. The van der Waals surface area contributed by atoms with E-state index in [1.807, 2.05) is 30.3 Å². The van der Waals surface area contributed by atoms with Gasteiger partial charge in [0.1, 0.15) is 0 Å². The standard InChI is InChI=1S/C20H23N3O3S/c1-20(2,3)23(15-14-16-10-6-4-7-11-16)19(24)18(22-21)27(25,26)17-12-8-5-9-13-17/h4-13H,14-15H2,1-3H3. The fourth-order valence-electron chi connectivity index (χ4n) is 2.67. The zero-order chi connectivity index (χ0) is 20.1. The largest absolute Gasteiger partial charge is 0.473 e. The second-order valence-electron chi connectivity index (χ2n) is 7.08. The minimum atomic E-state index is -4.23. The van der Waals surface area contributed by atoms with Gasteiger partial charge in [0.2, 0.25) is 0 Å². The van der Waals surface area contributed by atoms with E-state index in [4.69, 9.17) is 0 Å². The van der Waals surface area contributed by atoms with Crippen LogP contribution in [0.3, 0.4) is 0 Å². The summed E-state index contributed by atoms with van der Waals surface area (Å²) in [5, 5.41) is -0.878.